The van der Waals surface area contributed by atoms with E-state index in [1.54, 1.807) is 25.5 Å². The van der Waals surface area contributed by atoms with E-state index < -0.39 is 11.2 Å². The summed E-state index contributed by atoms with van der Waals surface area (Å²) in [5.74, 6) is 0. The Balaban J connectivity index is 1.94. The van der Waals surface area contributed by atoms with Crippen LogP contribution in [0.2, 0.25) is 0 Å². The van der Waals surface area contributed by atoms with Gasteiger partial charge in [-0.05, 0) is 30.2 Å². The highest BCUT2D eigenvalue weighted by molar-refractivity contribution is 5.79. The number of aryl methyl sites for hydroxylation is 2. The molecule has 0 bridgehead atoms. The van der Waals surface area contributed by atoms with Crippen molar-refractivity contribution in [3.05, 3.63) is 75.2 Å². The zero-order valence-electron chi connectivity index (χ0n) is 14.4. The van der Waals surface area contributed by atoms with Crippen molar-refractivity contribution >= 4 is 11.0 Å². The average Bonchev–Trinajstić information content (AvgIpc) is 3.15. The molecule has 0 aliphatic carbocycles. The lowest BCUT2D eigenvalue weighted by molar-refractivity contribution is 0.828. The number of hydrogen-bond acceptors (Lipinski definition) is 4. The Morgan fingerprint density at radius 2 is 1.96 bits per heavy atom. The summed E-state index contributed by atoms with van der Waals surface area (Å²) in [6.45, 7) is 2.10. The molecule has 0 aliphatic heterocycles. The van der Waals surface area contributed by atoms with E-state index in [0.29, 0.717) is 11.0 Å². The monoisotopic (exact) mass is 347 g/mol. The molecule has 0 radical (unpaired) electrons. The minimum absolute atomic E-state index is 0.350. The molecule has 3 heterocycles. The largest absolute Gasteiger partial charge is 0.329 e. The first kappa shape index (κ1) is 16.0. The summed E-state index contributed by atoms with van der Waals surface area (Å²) in [4.78, 5) is 30.6. The summed E-state index contributed by atoms with van der Waals surface area (Å²) in [5, 5.41) is 4.82. The van der Waals surface area contributed by atoms with E-state index in [1.807, 2.05) is 28.9 Å². The molecule has 0 atom stereocenters. The van der Waals surface area contributed by atoms with E-state index in [-0.39, 0.29) is 0 Å². The van der Waals surface area contributed by atoms with E-state index in [1.165, 1.54) is 10.1 Å². The van der Waals surface area contributed by atoms with Crippen LogP contribution in [0, 0.1) is 0 Å². The second-order valence-electron chi connectivity index (χ2n) is 6.02. The maximum absolute atomic E-state index is 12.2. The molecule has 0 saturated carbocycles. The molecule has 4 rings (SSSR count). The quantitative estimate of drug-likeness (QED) is 0.614. The Kier molecular flexibility index (Phi) is 3.76. The molecule has 0 aliphatic rings. The van der Waals surface area contributed by atoms with Crippen LogP contribution in [0.5, 0.6) is 0 Å². The van der Waals surface area contributed by atoms with Gasteiger partial charge in [-0.2, -0.15) is 5.10 Å². The van der Waals surface area contributed by atoms with Crippen LogP contribution in [0.25, 0.3) is 28.0 Å². The first-order valence-electron chi connectivity index (χ1n) is 8.32. The molecule has 26 heavy (non-hydrogen) atoms. The lowest BCUT2D eigenvalue weighted by Crippen LogP contribution is -2.28. The predicted molar refractivity (Wildman–Crippen MR) is 99.5 cm³/mol. The molecule has 4 aromatic rings. The fourth-order valence-corrected chi connectivity index (χ4v) is 3.11. The molecule has 0 unspecified atom stereocenters. The molecule has 1 N–H and O–H groups in total. The predicted octanol–water partition coefficient (Wildman–Crippen LogP) is 2.04. The Bertz CT molecular complexity index is 1230. The minimum Gasteiger partial charge on any atom is -0.281 e. The zero-order chi connectivity index (χ0) is 18.3. The topological polar surface area (TPSA) is 85.6 Å². The molecule has 7 nitrogen and oxygen atoms in total. The first-order chi connectivity index (χ1) is 12.6. The zero-order valence-corrected chi connectivity index (χ0v) is 14.4. The number of benzene rings is 1. The van der Waals surface area contributed by atoms with Gasteiger partial charge in [0.05, 0.1) is 23.0 Å². The van der Waals surface area contributed by atoms with Crippen LogP contribution in [0.1, 0.15) is 12.5 Å². The molecular weight excluding hydrogens is 330 g/mol. The highest BCUT2D eigenvalue weighted by atomic mass is 16.2. The molecular formula is C19H17N5O2. The van der Waals surface area contributed by atoms with Gasteiger partial charge in [-0.25, -0.2) is 14.5 Å². The number of H-pyrrole nitrogens is 1. The van der Waals surface area contributed by atoms with Gasteiger partial charge in [-0.1, -0.05) is 25.1 Å². The fraction of sp³-hybridized carbons (Fsp3) is 0.158. The van der Waals surface area contributed by atoms with Gasteiger partial charge in [0.15, 0.2) is 0 Å². The second kappa shape index (κ2) is 6.11. The normalized spacial score (nSPS) is 11.2. The van der Waals surface area contributed by atoms with Crippen LogP contribution >= 0.6 is 0 Å². The van der Waals surface area contributed by atoms with Crippen molar-refractivity contribution in [2.24, 2.45) is 7.05 Å². The van der Waals surface area contributed by atoms with Crippen LogP contribution < -0.4 is 11.2 Å². The average molecular weight is 347 g/mol. The van der Waals surface area contributed by atoms with Gasteiger partial charge in [0.1, 0.15) is 5.65 Å². The lowest BCUT2D eigenvalue weighted by Gasteiger charge is -2.12. The van der Waals surface area contributed by atoms with Crippen molar-refractivity contribution in [1.29, 1.82) is 0 Å². The number of pyridine rings is 1. The third-order valence-corrected chi connectivity index (χ3v) is 4.49. The van der Waals surface area contributed by atoms with Crippen molar-refractivity contribution in [2.45, 2.75) is 13.3 Å². The number of aromatic amines is 1. The Morgan fingerprint density at radius 3 is 2.77 bits per heavy atom. The van der Waals surface area contributed by atoms with Crippen LogP contribution in [0.4, 0.5) is 0 Å². The van der Waals surface area contributed by atoms with Crippen molar-refractivity contribution < 1.29 is 0 Å². The molecule has 0 spiro atoms. The standard InChI is InChI=1S/C19H17N5O2/c1-3-12-6-4-5-7-15(12)24-16(8-9-21-24)13-10-14-17(20-11-13)23(2)19(26)22-18(14)25/h4-11H,3H2,1-2H3,(H,22,25,26). The third kappa shape index (κ3) is 2.45. The van der Waals surface area contributed by atoms with Crippen molar-refractivity contribution in [2.75, 3.05) is 0 Å². The van der Waals surface area contributed by atoms with Gasteiger partial charge in [0.2, 0.25) is 0 Å². The molecule has 3 aromatic heterocycles. The van der Waals surface area contributed by atoms with E-state index in [4.69, 9.17) is 0 Å². The lowest BCUT2D eigenvalue weighted by atomic mass is 10.1. The van der Waals surface area contributed by atoms with Crippen LogP contribution in [-0.2, 0) is 13.5 Å². The first-order valence-corrected chi connectivity index (χ1v) is 8.32. The summed E-state index contributed by atoms with van der Waals surface area (Å²) >= 11 is 0. The highest BCUT2D eigenvalue weighted by Crippen LogP contribution is 2.25. The van der Waals surface area contributed by atoms with Gasteiger partial charge in [-0.3, -0.25) is 14.3 Å². The Morgan fingerprint density at radius 1 is 1.15 bits per heavy atom. The summed E-state index contributed by atoms with van der Waals surface area (Å²) < 4.78 is 3.17. The van der Waals surface area contributed by atoms with Gasteiger partial charge < -0.3 is 0 Å². The Hall–Kier alpha value is -3.48. The van der Waals surface area contributed by atoms with E-state index in [9.17, 15) is 9.59 Å². The van der Waals surface area contributed by atoms with Gasteiger partial charge in [0.25, 0.3) is 5.56 Å². The van der Waals surface area contributed by atoms with Gasteiger partial charge in [0, 0.05) is 18.8 Å². The molecule has 0 saturated heterocycles. The maximum atomic E-state index is 12.2. The summed E-state index contributed by atoms with van der Waals surface area (Å²) in [6, 6.07) is 11.7. The van der Waals surface area contributed by atoms with Gasteiger partial charge in [-0.15, -0.1) is 0 Å². The van der Waals surface area contributed by atoms with E-state index in [0.717, 1.165) is 23.4 Å². The van der Waals surface area contributed by atoms with E-state index in [2.05, 4.69) is 28.1 Å². The van der Waals surface area contributed by atoms with Crippen molar-refractivity contribution in [3.63, 3.8) is 0 Å². The highest BCUT2D eigenvalue weighted by Gasteiger charge is 2.13. The molecule has 0 amide bonds. The van der Waals surface area contributed by atoms with Crippen LogP contribution in [0.15, 0.2) is 58.4 Å². The van der Waals surface area contributed by atoms with Crippen molar-refractivity contribution in [3.8, 4) is 16.9 Å². The SMILES string of the molecule is CCc1ccccc1-n1nccc1-c1cnc2c(c1)c(=O)[nH]c(=O)n2C. The molecule has 0 fully saturated rings. The number of fused-ring (bicyclic) bond motifs is 1. The Labute approximate surface area is 148 Å². The van der Waals surface area contributed by atoms with E-state index >= 15 is 0 Å². The van der Waals surface area contributed by atoms with Crippen LogP contribution in [-0.4, -0.2) is 24.3 Å². The summed E-state index contributed by atoms with van der Waals surface area (Å²) in [7, 11) is 1.58. The minimum atomic E-state index is -0.482. The number of rotatable bonds is 3. The molecule has 1 aromatic carbocycles. The van der Waals surface area contributed by atoms with Crippen molar-refractivity contribution in [1.82, 2.24) is 24.3 Å². The third-order valence-electron chi connectivity index (χ3n) is 4.49. The molecule has 130 valence electrons. The van der Waals surface area contributed by atoms with Crippen LogP contribution in [0.3, 0.4) is 0 Å². The number of nitrogens with zero attached hydrogens (tertiary/aromatic N) is 4. The number of para-hydroxylation sites is 1. The number of aromatic nitrogens is 5. The molecule has 7 heteroatoms. The fourth-order valence-electron chi connectivity index (χ4n) is 3.11. The number of nitrogens with one attached hydrogen (secondary N) is 1. The maximum Gasteiger partial charge on any atom is 0.329 e. The smallest absolute Gasteiger partial charge is 0.281 e. The van der Waals surface area contributed by atoms with Gasteiger partial charge >= 0.3 is 5.69 Å². The number of hydrogen-bond donors (Lipinski definition) is 1. The summed E-state index contributed by atoms with van der Waals surface area (Å²) in [5.41, 5.74) is 3.17. The second-order valence-corrected chi connectivity index (χ2v) is 6.02. The summed E-state index contributed by atoms with van der Waals surface area (Å²) in [6.07, 6.45) is 4.26.